The van der Waals surface area contributed by atoms with Crippen molar-refractivity contribution in [2.45, 2.75) is 25.0 Å². The molecule has 1 unspecified atom stereocenters. The van der Waals surface area contributed by atoms with E-state index in [2.05, 4.69) is 19.9 Å². The number of thioether (sulfide) groups is 1. The standard InChI is InChI=1S/C9H12Cl2S/c1-3-12-9(2)5-7(10)4-8(11)6-9/h4-5H,3,6H2,1-2H3. The van der Waals surface area contributed by atoms with Crippen molar-refractivity contribution in [2.24, 2.45) is 0 Å². The molecule has 0 heterocycles. The van der Waals surface area contributed by atoms with E-state index < -0.39 is 0 Å². The van der Waals surface area contributed by atoms with Gasteiger partial charge < -0.3 is 0 Å². The molecule has 0 aliphatic heterocycles. The Morgan fingerprint density at radius 3 is 2.75 bits per heavy atom. The van der Waals surface area contributed by atoms with E-state index in [1.54, 1.807) is 0 Å². The highest BCUT2D eigenvalue weighted by Crippen LogP contribution is 2.39. The molecule has 0 radical (unpaired) electrons. The molecule has 1 rings (SSSR count). The van der Waals surface area contributed by atoms with Gasteiger partial charge >= 0.3 is 0 Å². The maximum atomic E-state index is 5.95. The normalized spacial score (nSPS) is 29.7. The highest BCUT2D eigenvalue weighted by Gasteiger charge is 2.25. The Balaban J connectivity index is 2.77. The van der Waals surface area contributed by atoms with Crippen LogP contribution < -0.4 is 0 Å². The van der Waals surface area contributed by atoms with Gasteiger partial charge in [-0.05, 0) is 24.8 Å². The quantitative estimate of drug-likeness (QED) is 0.677. The summed E-state index contributed by atoms with van der Waals surface area (Å²) in [4.78, 5) is 0. The van der Waals surface area contributed by atoms with E-state index >= 15 is 0 Å². The Morgan fingerprint density at radius 2 is 2.25 bits per heavy atom. The molecule has 0 spiro atoms. The first-order chi connectivity index (χ1) is 5.56. The summed E-state index contributed by atoms with van der Waals surface area (Å²) < 4.78 is 0.0949. The molecule has 0 aromatic rings. The van der Waals surface area contributed by atoms with E-state index in [1.165, 1.54) is 0 Å². The van der Waals surface area contributed by atoms with Gasteiger partial charge in [0.1, 0.15) is 0 Å². The van der Waals surface area contributed by atoms with Crippen molar-refractivity contribution >= 4 is 35.0 Å². The summed E-state index contributed by atoms with van der Waals surface area (Å²) in [5.74, 6) is 1.08. The van der Waals surface area contributed by atoms with Gasteiger partial charge in [-0.1, -0.05) is 30.1 Å². The molecule has 0 saturated carbocycles. The van der Waals surface area contributed by atoms with Crippen LogP contribution in [0.3, 0.4) is 0 Å². The summed E-state index contributed by atoms with van der Waals surface area (Å²) in [7, 11) is 0. The molecule has 0 nitrogen and oxygen atoms in total. The highest BCUT2D eigenvalue weighted by atomic mass is 35.5. The Hall–Kier alpha value is 0.410. The van der Waals surface area contributed by atoms with Crippen LogP contribution in [-0.4, -0.2) is 10.5 Å². The van der Waals surface area contributed by atoms with Gasteiger partial charge in [0.25, 0.3) is 0 Å². The summed E-state index contributed by atoms with van der Waals surface area (Å²) in [5.41, 5.74) is 0. The number of halogens is 2. The van der Waals surface area contributed by atoms with Crippen molar-refractivity contribution in [1.82, 2.24) is 0 Å². The van der Waals surface area contributed by atoms with Crippen LogP contribution in [0.25, 0.3) is 0 Å². The summed E-state index contributed by atoms with van der Waals surface area (Å²) in [6.45, 7) is 4.31. The first-order valence-corrected chi connectivity index (χ1v) is 5.68. The third kappa shape index (κ3) is 2.72. The van der Waals surface area contributed by atoms with Gasteiger partial charge in [0.2, 0.25) is 0 Å². The lowest BCUT2D eigenvalue weighted by Crippen LogP contribution is -2.19. The van der Waals surface area contributed by atoms with Gasteiger partial charge in [0.05, 0.1) is 0 Å². The minimum atomic E-state index is 0.0949. The summed E-state index contributed by atoms with van der Waals surface area (Å²) in [6.07, 6.45) is 4.79. The van der Waals surface area contributed by atoms with Crippen LogP contribution in [-0.2, 0) is 0 Å². The predicted molar refractivity (Wildman–Crippen MR) is 59.0 cm³/mol. The molecule has 1 aliphatic rings. The smallest absolute Gasteiger partial charge is 0.0391 e. The Labute approximate surface area is 88.0 Å². The van der Waals surface area contributed by atoms with Crippen molar-refractivity contribution in [1.29, 1.82) is 0 Å². The van der Waals surface area contributed by atoms with Crippen molar-refractivity contribution < 1.29 is 0 Å². The molecule has 12 heavy (non-hydrogen) atoms. The molecule has 0 fully saturated rings. The first-order valence-electron chi connectivity index (χ1n) is 3.94. The van der Waals surface area contributed by atoms with Gasteiger partial charge in [-0.25, -0.2) is 0 Å². The van der Waals surface area contributed by atoms with E-state index in [1.807, 2.05) is 17.8 Å². The zero-order valence-electron chi connectivity index (χ0n) is 7.23. The molecule has 0 bridgehead atoms. The van der Waals surface area contributed by atoms with Crippen molar-refractivity contribution in [2.75, 3.05) is 5.75 Å². The van der Waals surface area contributed by atoms with E-state index in [-0.39, 0.29) is 4.75 Å². The fourth-order valence-corrected chi connectivity index (χ4v) is 3.44. The molecule has 0 aromatic carbocycles. The maximum absolute atomic E-state index is 5.95. The van der Waals surface area contributed by atoms with Crippen molar-refractivity contribution in [3.63, 3.8) is 0 Å². The Bertz CT molecular complexity index is 233. The minimum Gasteiger partial charge on any atom is -0.151 e. The largest absolute Gasteiger partial charge is 0.151 e. The SMILES string of the molecule is CCSC1(C)C=C(Cl)C=C(Cl)C1. The van der Waals surface area contributed by atoms with E-state index in [9.17, 15) is 0 Å². The molecular weight excluding hydrogens is 211 g/mol. The molecule has 0 aromatic heterocycles. The average Bonchev–Trinajstić information content (AvgIpc) is 1.82. The third-order valence-corrected chi connectivity index (χ3v) is 3.40. The van der Waals surface area contributed by atoms with E-state index in [4.69, 9.17) is 23.2 Å². The van der Waals surface area contributed by atoms with Crippen molar-refractivity contribution in [3.8, 4) is 0 Å². The minimum absolute atomic E-state index is 0.0949. The van der Waals surface area contributed by atoms with Crippen LogP contribution in [0.15, 0.2) is 22.2 Å². The van der Waals surface area contributed by atoms with Crippen LogP contribution in [0.5, 0.6) is 0 Å². The molecule has 1 aliphatic carbocycles. The van der Waals surface area contributed by atoms with Gasteiger partial charge in [-0.3, -0.25) is 0 Å². The molecule has 68 valence electrons. The van der Waals surface area contributed by atoms with Crippen molar-refractivity contribution in [3.05, 3.63) is 22.2 Å². The van der Waals surface area contributed by atoms with Crippen LogP contribution in [0.1, 0.15) is 20.3 Å². The Kier molecular flexibility index (Phi) is 3.57. The van der Waals surface area contributed by atoms with Crippen LogP contribution in [0, 0.1) is 0 Å². The molecule has 0 N–H and O–H groups in total. The zero-order valence-corrected chi connectivity index (χ0v) is 9.56. The van der Waals surface area contributed by atoms with E-state index in [0.29, 0.717) is 0 Å². The second kappa shape index (κ2) is 4.08. The maximum Gasteiger partial charge on any atom is 0.0391 e. The summed E-state index contributed by atoms with van der Waals surface area (Å²) in [6, 6.07) is 0. The van der Waals surface area contributed by atoms with Gasteiger partial charge in [-0.2, -0.15) is 11.8 Å². The summed E-state index contributed by atoms with van der Waals surface area (Å²) in [5, 5.41) is 1.61. The number of rotatable bonds is 2. The fraction of sp³-hybridized carbons (Fsp3) is 0.556. The molecule has 3 heteroatoms. The second-order valence-corrected chi connectivity index (χ2v) is 5.76. The van der Waals surface area contributed by atoms with Crippen LogP contribution in [0.2, 0.25) is 0 Å². The highest BCUT2D eigenvalue weighted by molar-refractivity contribution is 8.00. The average molecular weight is 223 g/mol. The zero-order chi connectivity index (χ0) is 9.19. The lowest BCUT2D eigenvalue weighted by atomic mass is 10.0. The predicted octanol–water partition coefficient (Wildman–Crippen LogP) is 4.15. The molecule has 0 saturated heterocycles. The Morgan fingerprint density at radius 1 is 1.58 bits per heavy atom. The second-order valence-electron chi connectivity index (χ2n) is 3.04. The van der Waals surface area contributed by atoms with Gasteiger partial charge in [0.15, 0.2) is 0 Å². The third-order valence-electron chi connectivity index (χ3n) is 1.73. The van der Waals surface area contributed by atoms with Crippen LogP contribution >= 0.6 is 35.0 Å². The summed E-state index contributed by atoms with van der Waals surface area (Å²) >= 11 is 13.7. The number of allylic oxidation sites excluding steroid dienone is 3. The number of hydrogen-bond donors (Lipinski definition) is 0. The molecular formula is C9H12Cl2S. The lowest BCUT2D eigenvalue weighted by Gasteiger charge is -2.27. The van der Waals surface area contributed by atoms with Gasteiger partial charge in [-0.15, -0.1) is 0 Å². The first kappa shape index (κ1) is 10.5. The molecule has 0 amide bonds. The number of hydrogen-bond acceptors (Lipinski definition) is 1. The monoisotopic (exact) mass is 222 g/mol. The van der Waals surface area contributed by atoms with Gasteiger partial charge in [0, 0.05) is 21.2 Å². The topological polar surface area (TPSA) is 0 Å². The molecule has 1 atom stereocenters. The fourth-order valence-electron chi connectivity index (χ4n) is 1.34. The van der Waals surface area contributed by atoms with Crippen LogP contribution in [0.4, 0.5) is 0 Å². The lowest BCUT2D eigenvalue weighted by molar-refractivity contribution is 0.785. The van der Waals surface area contributed by atoms with E-state index in [0.717, 1.165) is 22.2 Å².